The first-order chi connectivity index (χ1) is 6.68. The topological polar surface area (TPSA) is 35.5 Å². The molecule has 0 fully saturated rings. The molecule has 0 atom stereocenters. The van der Waals surface area contributed by atoms with Crippen molar-refractivity contribution >= 4 is 5.78 Å². The first-order valence-corrected chi connectivity index (χ1v) is 4.25. The van der Waals surface area contributed by atoms with Gasteiger partial charge in [-0.2, -0.15) is 0 Å². The monoisotopic (exact) mass is 196 g/mol. The quantitative estimate of drug-likeness (QED) is 0.722. The fourth-order valence-electron chi connectivity index (χ4n) is 1.38. The van der Waals surface area contributed by atoms with Gasteiger partial charge in [-0.1, -0.05) is 6.07 Å². The van der Waals surface area contributed by atoms with Crippen LogP contribution in [-0.2, 0) is 11.2 Å². The number of ketones is 1. The van der Waals surface area contributed by atoms with E-state index in [4.69, 9.17) is 9.47 Å². The van der Waals surface area contributed by atoms with Crippen LogP contribution in [0.1, 0.15) is 12.5 Å². The number of benzene rings is 1. The van der Waals surface area contributed by atoms with Gasteiger partial charge in [-0.15, -0.1) is 0 Å². The predicted octanol–water partition coefficient (Wildman–Crippen LogP) is 1.69. The molecule has 0 N–H and O–H groups in total. The molecule has 0 spiro atoms. The molecule has 0 aromatic heterocycles. The van der Waals surface area contributed by atoms with E-state index < -0.39 is 5.82 Å². The summed E-state index contributed by atoms with van der Waals surface area (Å²) in [5.74, 6) is -0.0588. The third-order valence-corrected chi connectivity index (χ3v) is 2.00. The third kappa shape index (κ3) is 1.43. The smallest absolute Gasteiger partial charge is 0.231 e. The van der Waals surface area contributed by atoms with Crippen molar-refractivity contribution in [1.29, 1.82) is 0 Å². The molecule has 3 nitrogen and oxygen atoms in total. The molecule has 0 saturated carbocycles. The Balaban J connectivity index is 2.39. The number of ether oxygens (including phenoxy) is 2. The van der Waals surface area contributed by atoms with Gasteiger partial charge in [-0.05, 0) is 18.6 Å². The van der Waals surface area contributed by atoms with Crippen molar-refractivity contribution in [2.75, 3.05) is 6.79 Å². The van der Waals surface area contributed by atoms with Gasteiger partial charge in [0, 0.05) is 6.42 Å². The number of halogens is 1. The van der Waals surface area contributed by atoms with Crippen molar-refractivity contribution in [2.24, 2.45) is 0 Å². The second-order valence-corrected chi connectivity index (χ2v) is 3.15. The van der Waals surface area contributed by atoms with E-state index in [1.807, 2.05) is 0 Å². The first-order valence-electron chi connectivity index (χ1n) is 4.25. The molecule has 1 aromatic rings. The minimum absolute atomic E-state index is 0.0375. The summed E-state index contributed by atoms with van der Waals surface area (Å²) < 4.78 is 23.5. The van der Waals surface area contributed by atoms with Crippen molar-refractivity contribution in [2.45, 2.75) is 13.3 Å². The van der Waals surface area contributed by atoms with E-state index >= 15 is 0 Å². The van der Waals surface area contributed by atoms with E-state index in [1.54, 1.807) is 12.1 Å². The Morgan fingerprint density at radius 2 is 2.29 bits per heavy atom. The zero-order chi connectivity index (χ0) is 10.1. The minimum atomic E-state index is -0.491. The average Bonchev–Trinajstić information content (AvgIpc) is 2.57. The van der Waals surface area contributed by atoms with Crippen LogP contribution in [0.15, 0.2) is 12.1 Å². The van der Waals surface area contributed by atoms with Gasteiger partial charge >= 0.3 is 0 Å². The predicted molar refractivity (Wildman–Crippen MR) is 46.9 cm³/mol. The summed E-state index contributed by atoms with van der Waals surface area (Å²) in [6, 6.07) is 3.16. The molecular formula is C10H9FO3. The Labute approximate surface area is 80.4 Å². The molecule has 0 bridgehead atoms. The van der Waals surface area contributed by atoms with Gasteiger partial charge in [-0.25, -0.2) is 4.39 Å². The Morgan fingerprint density at radius 3 is 3.00 bits per heavy atom. The fraction of sp³-hybridized carbons (Fsp3) is 0.300. The second-order valence-electron chi connectivity index (χ2n) is 3.15. The lowest BCUT2D eigenvalue weighted by atomic mass is 10.1. The van der Waals surface area contributed by atoms with E-state index in [2.05, 4.69) is 0 Å². The summed E-state index contributed by atoms with van der Waals surface area (Å²) in [5, 5.41) is 0. The van der Waals surface area contributed by atoms with Crippen LogP contribution >= 0.6 is 0 Å². The summed E-state index contributed by atoms with van der Waals surface area (Å²) in [4.78, 5) is 10.8. The molecule has 2 rings (SSSR count). The molecule has 0 aliphatic carbocycles. The average molecular weight is 196 g/mol. The van der Waals surface area contributed by atoms with Crippen molar-refractivity contribution in [3.8, 4) is 11.5 Å². The van der Waals surface area contributed by atoms with Crippen LogP contribution in [-0.4, -0.2) is 12.6 Å². The maximum Gasteiger partial charge on any atom is 0.231 e. The van der Waals surface area contributed by atoms with E-state index in [0.717, 1.165) is 0 Å². The van der Waals surface area contributed by atoms with Gasteiger partial charge in [0.1, 0.15) is 5.78 Å². The van der Waals surface area contributed by atoms with E-state index in [0.29, 0.717) is 11.3 Å². The number of carbonyl (C=O) groups excluding carboxylic acids is 1. The number of carbonyl (C=O) groups is 1. The molecule has 14 heavy (non-hydrogen) atoms. The molecule has 1 aliphatic heterocycles. The molecule has 74 valence electrons. The van der Waals surface area contributed by atoms with Crippen LogP contribution in [0.2, 0.25) is 0 Å². The van der Waals surface area contributed by atoms with Crippen LogP contribution in [0.5, 0.6) is 11.5 Å². The summed E-state index contributed by atoms with van der Waals surface area (Å²) in [6.07, 6.45) is 0.0858. The molecule has 1 aromatic carbocycles. The molecule has 0 amide bonds. The molecule has 0 unspecified atom stereocenters. The van der Waals surface area contributed by atoms with Crippen LogP contribution in [0.3, 0.4) is 0 Å². The molecule has 1 aliphatic rings. The van der Waals surface area contributed by atoms with Gasteiger partial charge in [0.25, 0.3) is 0 Å². The van der Waals surface area contributed by atoms with E-state index in [1.165, 1.54) is 6.92 Å². The van der Waals surface area contributed by atoms with Gasteiger partial charge in [-0.3, -0.25) is 4.79 Å². The lowest BCUT2D eigenvalue weighted by Crippen LogP contribution is -2.00. The van der Waals surface area contributed by atoms with Crippen LogP contribution in [0.4, 0.5) is 4.39 Å². The minimum Gasteiger partial charge on any atom is -0.453 e. The maximum atomic E-state index is 13.6. The lowest BCUT2D eigenvalue weighted by Gasteiger charge is -2.03. The summed E-state index contributed by atoms with van der Waals surface area (Å²) in [7, 11) is 0. The zero-order valence-electron chi connectivity index (χ0n) is 7.67. The Morgan fingerprint density at radius 1 is 1.50 bits per heavy atom. The number of Topliss-reactive ketones (excluding diaryl/α,β-unsaturated/α-hetero) is 1. The highest BCUT2D eigenvalue weighted by Crippen LogP contribution is 2.36. The number of rotatable bonds is 2. The summed E-state index contributed by atoms with van der Waals surface area (Å²) >= 11 is 0. The first kappa shape index (κ1) is 8.99. The van der Waals surface area contributed by atoms with Gasteiger partial charge in [0.05, 0.1) is 0 Å². The largest absolute Gasteiger partial charge is 0.453 e. The third-order valence-electron chi connectivity index (χ3n) is 2.00. The van der Waals surface area contributed by atoms with Gasteiger partial charge in [0.15, 0.2) is 11.6 Å². The zero-order valence-corrected chi connectivity index (χ0v) is 7.67. The normalized spacial score (nSPS) is 13.0. The summed E-state index contributed by atoms with van der Waals surface area (Å²) in [6.45, 7) is 1.46. The number of hydrogen-bond acceptors (Lipinski definition) is 3. The van der Waals surface area contributed by atoms with Crippen molar-refractivity contribution in [3.05, 3.63) is 23.5 Å². The van der Waals surface area contributed by atoms with Gasteiger partial charge in [0.2, 0.25) is 12.5 Å². The second kappa shape index (κ2) is 3.29. The Kier molecular flexibility index (Phi) is 2.11. The Bertz CT molecular complexity index is 387. The van der Waals surface area contributed by atoms with E-state index in [-0.39, 0.29) is 24.7 Å². The molecule has 1 heterocycles. The Hall–Kier alpha value is -1.58. The lowest BCUT2D eigenvalue weighted by molar-refractivity contribution is -0.116. The van der Waals surface area contributed by atoms with Crippen molar-refractivity contribution in [3.63, 3.8) is 0 Å². The van der Waals surface area contributed by atoms with Crippen LogP contribution in [0, 0.1) is 5.82 Å². The van der Waals surface area contributed by atoms with E-state index in [9.17, 15) is 9.18 Å². The molecule has 4 heteroatoms. The van der Waals surface area contributed by atoms with Crippen LogP contribution in [0.25, 0.3) is 0 Å². The SMILES string of the molecule is CC(=O)Cc1ccc2c(c1F)OCO2. The highest BCUT2D eigenvalue weighted by molar-refractivity contribution is 5.78. The van der Waals surface area contributed by atoms with Crippen LogP contribution < -0.4 is 9.47 Å². The van der Waals surface area contributed by atoms with Crippen molar-refractivity contribution < 1.29 is 18.7 Å². The number of fused-ring (bicyclic) bond motifs is 1. The maximum absolute atomic E-state index is 13.6. The molecule has 0 saturated heterocycles. The fourth-order valence-corrected chi connectivity index (χ4v) is 1.38. The number of hydrogen-bond donors (Lipinski definition) is 0. The summed E-state index contributed by atoms with van der Waals surface area (Å²) in [5.41, 5.74) is 0.349. The van der Waals surface area contributed by atoms with Crippen molar-refractivity contribution in [1.82, 2.24) is 0 Å². The highest BCUT2D eigenvalue weighted by atomic mass is 19.1. The molecule has 0 radical (unpaired) electrons. The van der Waals surface area contributed by atoms with Gasteiger partial charge < -0.3 is 9.47 Å². The molecular weight excluding hydrogens is 187 g/mol. The highest BCUT2D eigenvalue weighted by Gasteiger charge is 2.21. The standard InChI is InChI=1S/C10H9FO3/c1-6(12)4-7-2-3-8-10(9(7)11)14-5-13-8/h2-3H,4-5H2,1H3.